The van der Waals surface area contributed by atoms with Crippen LogP contribution in [0.3, 0.4) is 0 Å². The van der Waals surface area contributed by atoms with Gasteiger partial charge in [-0.25, -0.2) is 0 Å². The van der Waals surface area contributed by atoms with Gasteiger partial charge in [-0.15, -0.1) is 0 Å². The first-order valence-electron chi connectivity index (χ1n) is 7.79. The Morgan fingerprint density at radius 2 is 2.23 bits per heavy atom. The van der Waals surface area contributed by atoms with E-state index in [1.54, 1.807) is 6.07 Å². The van der Waals surface area contributed by atoms with Gasteiger partial charge in [0.2, 0.25) is 12.7 Å². The lowest BCUT2D eigenvalue weighted by Crippen LogP contribution is -2.49. The van der Waals surface area contributed by atoms with E-state index in [9.17, 15) is 4.79 Å². The van der Waals surface area contributed by atoms with Crippen molar-refractivity contribution in [3.05, 3.63) is 18.2 Å². The molecule has 22 heavy (non-hydrogen) atoms. The Morgan fingerprint density at radius 3 is 3.05 bits per heavy atom. The van der Waals surface area contributed by atoms with Gasteiger partial charge in [0.25, 0.3) is 0 Å². The Kier molecular flexibility index (Phi) is 4.49. The van der Waals surface area contributed by atoms with Crippen LogP contribution in [0.5, 0.6) is 11.5 Å². The van der Waals surface area contributed by atoms with Gasteiger partial charge in [-0.05, 0) is 37.4 Å². The summed E-state index contributed by atoms with van der Waals surface area (Å²) in [6.45, 7) is 4.38. The fourth-order valence-electron chi connectivity index (χ4n) is 3.11. The molecule has 0 aliphatic carbocycles. The standard InChI is InChI=1S/C16H23N3O3/c1-11-4-5-19(13(6-11)8-17)9-16(20)18-12-2-3-14-15(7-12)22-10-21-14/h2-3,7,11,13H,4-6,8-10,17H2,1H3,(H,18,20). The third-order valence-corrected chi connectivity index (χ3v) is 4.38. The molecule has 1 aromatic carbocycles. The van der Waals surface area contributed by atoms with Crippen molar-refractivity contribution in [2.45, 2.75) is 25.8 Å². The van der Waals surface area contributed by atoms with Crippen LogP contribution in [0.4, 0.5) is 5.69 Å². The van der Waals surface area contributed by atoms with Crippen molar-refractivity contribution in [2.75, 3.05) is 31.7 Å². The van der Waals surface area contributed by atoms with Crippen molar-refractivity contribution in [3.8, 4) is 11.5 Å². The predicted molar refractivity (Wildman–Crippen MR) is 84.0 cm³/mol. The fraction of sp³-hybridized carbons (Fsp3) is 0.562. The molecule has 1 aromatic rings. The van der Waals surface area contributed by atoms with Crippen LogP contribution in [0.15, 0.2) is 18.2 Å². The van der Waals surface area contributed by atoms with Crippen LogP contribution in [0.25, 0.3) is 0 Å². The summed E-state index contributed by atoms with van der Waals surface area (Å²) in [5.41, 5.74) is 6.57. The summed E-state index contributed by atoms with van der Waals surface area (Å²) in [7, 11) is 0. The zero-order valence-electron chi connectivity index (χ0n) is 12.9. The summed E-state index contributed by atoms with van der Waals surface area (Å²) in [5, 5.41) is 2.92. The number of carbonyl (C=O) groups is 1. The van der Waals surface area contributed by atoms with Crippen molar-refractivity contribution < 1.29 is 14.3 Å². The van der Waals surface area contributed by atoms with E-state index in [1.807, 2.05) is 12.1 Å². The first kappa shape index (κ1) is 15.1. The van der Waals surface area contributed by atoms with E-state index in [0.717, 1.165) is 25.1 Å². The molecule has 2 aliphatic heterocycles. The quantitative estimate of drug-likeness (QED) is 0.879. The number of ether oxygens (including phenoxy) is 2. The molecule has 2 unspecified atom stereocenters. The Labute approximate surface area is 130 Å². The Hall–Kier alpha value is -1.79. The Morgan fingerprint density at radius 1 is 1.41 bits per heavy atom. The largest absolute Gasteiger partial charge is 0.454 e. The number of hydrogen-bond donors (Lipinski definition) is 2. The highest BCUT2D eigenvalue weighted by molar-refractivity contribution is 5.92. The van der Waals surface area contributed by atoms with Crippen LogP contribution in [0.1, 0.15) is 19.8 Å². The van der Waals surface area contributed by atoms with Gasteiger partial charge in [0.1, 0.15) is 0 Å². The number of nitrogens with one attached hydrogen (secondary N) is 1. The molecule has 2 atom stereocenters. The SMILES string of the molecule is CC1CCN(CC(=O)Nc2ccc3c(c2)OCO3)C(CN)C1. The van der Waals surface area contributed by atoms with Crippen LogP contribution < -0.4 is 20.5 Å². The second-order valence-corrected chi connectivity index (χ2v) is 6.11. The van der Waals surface area contributed by atoms with Crippen LogP contribution in [0, 0.1) is 5.92 Å². The van der Waals surface area contributed by atoms with Gasteiger partial charge < -0.3 is 20.5 Å². The first-order chi connectivity index (χ1) is 10.7. The summed E-state index contributed by atoms with van der Waals surface area (Å²) in [4.78, 5) is 14.4. The molecule has 0 saturated carbocycles. The molecule has 120 valence electrons. The van der Waals surface area contributed by atoms with E-state index in [2.05, 4.69) is 17.1 Å². The third kappa shape index (κ3) is 3.34. The van der Waals surface area contributed by atoms with Gasteiger partial charge in [-0.3, -0.25) is 9.69 Å². The van der Waals surface area contributed by atoms with Crippen molar-refractivity contribution in [1.29, 1.82) is 0 Å². The highest BCUT2D eigenvalue weighted by Gasteiger charge is 2.26. The summed E-state index contributed by atoms with van der Waals surface area (Å²) < 4.78 is 10.6. The van der Waals surface area contributed by atoms with E-state index < -0.39 is 0 Å². The minimum Gasteiger partial charge on any atom is -0.454 e. The minimum atomic E-state index is -0.0214. The second-order valence-electron chi connectivity index (χ2n) is 6.11. The van der Waals surface area contributed by atoms with Gasteiger partial charge in [-0.2, -0.15) is 0 Å². The highest BCUT2D eigenvalue weighted by Crippen LogP contribution is 2.34. The molecule has 6 heteroatoms. The number of likely N-dealkylation sites (tertiary alicyclic amines) is 1. The molecule has 0 aromatic heterocycles. The molecule has 1 amide bonds. The van der Waals surface area contributed by atoms with Gasteiger partial charge in [-0.1, -0.05) is 6.92 Å². The molecule has 0 bridgehead atoms. The predicted octanol–water partition coefficient (Wildman–Crippen LogP) is 1.41. The number of carbonyl (C=O) groups excluding carboxylic acids is 1. The number of anilines is 1. The van der Waals surface area contributed by atoms with E-state index in [4.69, 9.17) is 15.2 Å². The molecule has 0 spiro atoms. The van der Waals surface area contributed by atoms with E-state index in [1.165, 1.54) is 0 Å². The Balaban J connectivity index is 1.58. The van der Waals surface area contributed by atoms with E-state index in [0.29, 0.717) is 36.5 Å². The smallest absolute Gasteiger partial charge is 0.238 e. The molecule has 1 saturated heterocycles. The highest BCUT2D eigenvalue weighted by atomic mass is 16.7. The van der Waals surface area contributed by atoms with Gasteiger partial charge >= 0.3 is 0 Å². The monoisotopic (exact) mass is 305 g/mol. The van der Waals surface area contributed by atoms with Crippen LogP contribution >= 0.6 is 0 Å². The van der Waals surface area contributed by atoms with Crippen molar-refractivity contribution in [3.63, 3.8) is 0 Å². The van der Waals surface area contributed by atoms with E-state index >= 15 is 0 Å². The summed E-state index contributed by atoms with van der Waals surface area (Å²) in [6.07, 6.45) is 2.18. The second kappa shape index (κ2) is 6.54. The summed E-state index contributed by atoms with van der Waals surface area (Å²) in [6, 6.07) is 5.72. The van der Waals surface area contributed by atoms with Gasteiger partial charge in [0.15, 0.2) is 11.5 Å². The number of fused-ring (bicyclic) bond motifs is 1. The van der Waals surface area contributed by atoms with E-state index in [-0.39, 0.29) is 12.7 Å². The summed E-state index contributed by atoms with van der Waals surface area (Å²) >= 11 is 0. The molecule has 2 aliphatic rings. The number of hydrogen-bond acceptors (Lipinski definition) is 5. The average molecular weight is 305 g/mol. The number of piperidine rings is 1. The third-order valence-electron chi connectivity index (χ3n) is 4.38. The maximum absolute atomic E-state index is 12.3. The van der Waals surface area contributed by atoms with Crippen LogP contribution in [-0.2, 0) is 4.79 Å². The number of rotatable bonds is 4. The molecule has 3 rings (SSSR count). The maximum atomic E-state index is 12.3. The van der Waals surface area contributed by atoms with Gasteiger partial charge in [0, 0.05) is 24.3 Å². The van der Waals surface area contributed by atoms with Crippen molar-refractivity contribution in [2.24, 2.45) is 11.7 Å². The molecule has 6 nitrogen and oxygen atoms in total. The first-order valence-corrected chi connectivity index (χ1v) is 7.79. The molecule has 3 N–H and O–H groups in total. The number of nitrogens with two attached hydrogens (primary N) is 1. The molecule has 2 heterocycles. The zero-order chi connectivity index (χ0) is 15.5. The maximum Gasteiger partial charge on any atom is 0.238 e. The number of nitrogens with zero attached hydrogens (tertiary/aromatic N) is 1. The average Bonchev–Trinajstić information content (AvgIpc) is 2.96. The van der Waals surface area contributed by atoms with Gasteiger partial charge in [0.05, 0.1) is 6.54 Å². The number of benzene rings is 1. The summed E-state index contributed by atoms with van der Waals surface area (Å²) in [5.74, 6) is 2.05. The fourth-order valence-corrected chi connectivity index (χ4v) is 3.11. The lowest BCUT2D eigenvalue weighted by molar-refractivity contribution is -0.118. The molecular weight excluding hydrogens is 282 g/mol. The normalized spacial score (nSPS) is 24.3. The Bertz CT molecular complexity index is 549. The van der Waals surface area contributed by atoms with Crippen molar-refractivity contribution >= 4 is 11.6 Å². The lowest BCUT2D eigenvalue weighted by atomic mass is 9.92. The van der Waals surface area contributed by atoms with Crippen LogP contribution in [0.2, 0.25) is 0 Å². The zero-order valence-corrected chi connectivity index (χ0v) is 12.9. The van der Waals surface area contributed by atoms with Crippen LogP contribution in [-0.4, -0.2) is 43.3 Å². The topological polar surface area (TPSA) is 76.8 Å². The van der Waals surface area contributed by atoms with Crippen molar-refractivity contribution in [1.82, 2.24) is 4.90 Å². The minimum absolute atomic E-state index is 0.0214. The molecule has 1 fully saturated rings. The number of amides is 1. The molecular formula is C16H23N3O3. The molecule has 0 radical (unpaired) electrons. The lowest BCUT2D eigenvalue weighted by Gasteiger charge is -2.37.